The number of rotatable bonds is 3. The molecule has 0 saturated carbocycles. The van der Waals surface area contributed by atoms with E-state index in [1.165, 1.54) is 32.9 Å². The third-order valence-electron chi connectivity index (χ3n) is 3.16. The van der Waals surface area contributed by atoms with Gasteiger partial charge in [-0.15, -0.1) is 0 Å². The zero-order chi connectivity index (χ0) is 12.6. The first-order valence-corrected chi connectivity index (χ1v) is 4.95. The van der Waals surface area contributed by atoms with E-state index >= 15 is 0 Å². The summed E-state index contributed by atoms with van der Waals surface area (Å²) in [4.78, 5) is 11.1. The van der Waals surface area contributed by atoms with Crippen LogP contribution < -0.4 is 0 Å². The summed E-state index contributed by atoms with van der Waals surface area (Å²) in [6.07, 6.45) is 0. The first-order valence-electron chi connectivity index (χ1n) is 4.95. The predicted octanol–water partition coefficient (Wildman–Crippen LogP) is 1.71. The fraction of sp³-hybridized carbons (Fsp3) is 0.417. The second-order valence-electron chi connectivity index (χ2n) is 4.55. The van der Waals surface area contributed by atoms with Crippen molar-refractivity contribution in [1.29, 1.82) is 0 Å². The highest BCUT2D eigenvalue weighted by Crippen LogP contribution is 2.40. The Labute approximate surface area is 94.2 Å². The number of carbonyl (C=O) groups is 1. The van der Waals surface area contributed by atoms with Crippen LogP contribution in [0, 0.1) is 5.41 Å². The molecule has 0 spiro atoms. The van der Waals surface area contributed by atoms with Gasteiger partial charge < -0.3 is 15.3 Å². The van der Waals surface area contributed by atoms with E-state index in [9.17, 15) is 15.0 Å². The standard InChI is InChI=1S/C12H16O4/c1-11(2,10(14)15)12(3,16)8-5-4-6-9(13)7-8/h4-7,13,16H,1-3H3,(H,14,15). The lowest BCUT2D eigenvalue weighted by atomic mass is 9.72. The van der Waals surface area contributed by atoms with E-state index in [1.807, 2.05) is 0 Å². The van der Waals surface area contributed by atoms with Gasteiger partial charge in [-0.3, -0.25) is 4.79 Å². The molecule has 3 N–H and O–H groups in total. The van der Waals surface area contributed by atoms with Crippen LogP contribution in [0.1, 0.15) is 26.3 Å². The Bertz CT molecular complexity index is 407. The molecule has 0 saturated heterocycles. The number of aliphatic carboxylic acids is 1. The molecule has 0 radical (unpaired) electrons. The van der Waals surface area contributed by atoms with Gasteiger partial charge in [0, 0.05) is 0 Å². The lowest BCUT2D eigenvalue weighted by Crippen LogP contribution is -2.44. The molecule has 1 unspecified atom stereocenters. The summed E-state index contributed by atoms with van der Waals surface area (Å²) < 4.78 is 0. The third kappa shape index (κ3) is 1.88. The first-order chi connectivity index (χ1) is 7.19. The molecule has 0 aliphatic heterocycles. The van der Waals surface area contributed by atoms with Gasteiger partial charge in [-0.25, -0.2) is 0 Å². The number of carboxylic acid groups (broad SMARTS) is 1. The highest BCUT2D eigenvalue weighted by molar-refractivity contribution is 5.75. The van der Waals surface area contributed by atoms with Crippen molar-refractivity contribution in [3.63, 3.8) is 0 Å². The van der Waals surface area contributed by atoms with Gasteiger partial charge in [0.25, 0.3) is 0 Å². The Morgan fingerprint density at radius 3 is 2.25 bits per heavy atom. The molecule has 4 nitrogen and oxygen atoms in total. The molecule has 0 bridgehead atoms. The van der Waals surface area contributed by atoms with Crippen LogP contribution in [0.25, 0.3) is 0 Å². The van der Waals surface area contributed by atoms with Gasteiger partial charge >= 0.3 is 5.97 Å². The maximum absolute atomic E-state index is 11.1. The van der Waals surface area contributed by atoms with E-state index in [0.29, 0.717) is 5.56 Å². The van der Waals surface area contributed by atoms with Gasteiger partial charge in [0.2, 0.25) is 0 Å². The van der Waals surface area contributed by atoms with Crippen LogP contribution in [0.5, 0.6) is 5.75 Å². The Morgan fingerprint density at radius 1 is 1.25 bits per heavy atom. The molecule has 16 heavy (non-hydrogen) atoms. The van der Waals surface area contributed by atoms with Crippen molar-refractivity contribution in [2.24, 2.45) is 5.41 Å². The van der Waals surface area contributed by atoms with Crippen LogP contribution in [-0.4, -0.2) is 21.3 Å². The lowest BCUT2D eigenvalue weighted by molar-refractivity contribution is -0.164. The van der Waals surface area contributed by atoms with Gasteiger partial charge in [-0.2, -0.15) is 0 Å². The molecule has 0 aromatic heterocycles. The molecule has 0 aliphatic rings. The molecule has 1 rings (SSSR count). The first kappa shape index (κ1) is 12.5. The Kier molecular flexibility index (Phi) is 2.97. The van der Waals surface area contributed by atoms with Gasteiger partial charge in [-0.05, 0) is 38.5 Å². The normalized spacial score (nSPS) is 15.5. The molecule has 1 aromatic rings. The summed E-state index contributed by atoms with van der Waals surface area (Å²) in [7, 11) is 0. The highest BCUT2D eigenvalue weighted by Gasteiger charge is 2.46. The summed E-state index contributed by atoms with van der Waals surface area (Å²) in [5, 5.41) is 28.7. The minimum Gasteiger partial charge on any atom is -0.508 e. The number of phenols is 1. The SMILES string of the molecule is CC(C)(C(=O)O)C(C)(O)c1cccc(O)c1. The van der Waals surface area contributed by atoms with Gasteiger partial charge in [-0.1, -0.05) is 12.1 Å². The monoisotopic (exact) mass is 224 g/mol. The van der Waals surface area contributed by atoms with Gasteiger partial charge in [0.05, 0.1) is 5.41 Å². The minimum absolute atomic E-state index is 0.000959. The average molecular weight is 224 g/mol. The van der Waals surface area contributed by atoms with Crippen molar-refractivity contribution in [2.45, 2.75) is 26.4 Å². The summed E-state index contributed by atoms with van der Waals surface area (Å²) in [5.41, 5.74) is -2.53. The molecule has 0 aliphatic carbocycles. The maximum Gasteiger partial charge on any atom is 0.312 e. The lowest BCUT2D eigenvalue weighted by Gasteiger charge is -2.36. The quantitative estimate of drug-likeness (QED) is 0.730. The second kappa shape index (κ2) is 3.79. The van der Waals surface area contributed by atoms with Crippen LogP contribution in [0.3, 0.4) is 0 Å². The summed E-state index contributed by atoms with van der Waals surface area (Å²) in [5.74, 6) is -1.10. The van der Waals surface area contributed by atoms with Crippen molar-refractivity contribution in [3.8, 4) is 5.75 Å². The summed E-state index contributed by atoms with van der Waals surface area (Å²) in [6.45, 7) is 4.31. The van der Waals surface area contributed by atoms with E-state index in [2.05, 4.69) is 0 Å². The van der Waals surface area contributed by atoms with Crippen molar-refractivity contribution in [1.82, 2.24) is 0 Å². The minimum atomic E-state index is -1.56. The molecule has 0 heterocycles. The fourth-order valence-electron chi connectivity index (χ4n) is 1.38. The zero-order valence-electron chi connectivity index (χ0n) is 9.56. The number of aliphatic hydroxyl groups is 1. The number of hydrogen-bond donors (Lipinski definition) is 3. The van der Waals surface area contributed by atoms with Crippen LogP contribution in [0.15, 0.2) is 24.3 Å². The van der Waals surface area contributed by atoms with E-state index < -0.39 is 17.0 Å². The topological polar surface area (TPSA) is 77.8 Å². The second-order valence-corrected chi connectivity index (χ2v) is 4.55. The number of aromatic hydroxyl groups is 1. The van der Waals surface area contributed by atoms with Crippen LogP contribution in [0.2, 0.25) is 0 Å². The molecular weight excluding hydrogens is 208 g/mol. The number of phenolic OH excluding ortho intramolecular Hbond substituents is 1. The van der Waals surface area contributed by atoms with Crippen LogP contribution in [0.4, 0.5) is 0 Å². The molecule has 4 heteroatoms. The Hall–Kier alpha value is -1.55. The number of hydrogen-bond acceptors (Lipinski definition) is 3. The number of carboxylic acids is 1. The Balaban J connectivity index is 3.26. The Morgan fingerprint density at radius 2 is 1.81 bits per heavy atom. The molecule has 0 amide bonds. The summed E-state index contributed by atoms with van der Waals surface area (Å²) in [6, 6.07) is 5.99. The zero-order valence-corrected chi connectivity index (χ0v) is 9.56. The fourth-order valence-corrected chi connectivity index (χ4v) is 1.38. The maximum atomic E-state index is 11.1. The largest absolute Gasteiger partial charge is 0.508 e. The van der Waals surface area contributed by atoms with Gasteiger partial charge in [0.1, 0.15) is 11.4 Å². The molecule has 88 valence electrons. The van der Waals surface area contributed by atoms with Crippen LogP contribution >= 0.6 is 0 Å². The van der Waals surface area contributed by atoms with E-state index in [0.717, 1.165) is 0 Å². The van der Waals surface area contributed by atoms with Crippen molar-refractivity contribution < 1.29 is 20.1 Å². The average Bonchev–Trinajstić information content (AvgIpc) is 2.17. The predicted molar refractivity (Wildman–Crippen MR) is 59.1 cm³/mol. The van der Waals surface area contributed by atoms with E-state index in [-0.39, 0.29) is 5.75 Å². The number of benzene rings is 1. The molecular formula is C12H16O4. The van der Waals surface area contributed by atoms with Crippen molar-refractivity contribution in [3.05, 3.63) is 29.8 Å². The van der Waals surface area contributed by atoms with Crippen LogP contribution in [-0.2, 0) is 10.4 Å². The highest BCUT2D eigenvalue weighted by atomic mass is 16.4. The van der Waals surface area contributed by atoms with E-state index in [4.69, 9.17) is 5.11 Å². The summed E-state index contributed by atoms with van der Waals surface area (Å²) >= 11 is 0. The van der Waals surface area contributed by atoms with E-state index in [1.54, 1.807) is 12.1 Å². The smallest absolute Gasteiger partial charge is 0.312 e. The molecule has 1 atom stereocenters. The molecule has 1 aromatic carbocycles. The van der Waals surface area contributed by atoms with Crippen molar-refractivity contribution in [2.75, 3.05) is 0 Å². The molecule has 0 fully saturated rings. The van der Waals surface area contributed by atoms with Gasteiger partial charge in [0.15, 0.2) is 0 Å². The third-order valence-corrected chi connectivity index (χ3v) is 3.16. The van der Waals surface area contributed by atoms with Crippen molar-refractivity contribution >= 4 is 5.97 Å².